The zero-order valence-corrected chi connectivity index (χ0v) is 8.87. The average Bonchev–Trinajstić information content (AvgIpc) is 2.75. The second-order valence-electron chi connectivity index (χ2n) is 3.53. The molecule has 0 aliphatic heterocycles. The van der Waals surface area contributed by atoms with Gasteiger partial charge in [-0.05, 0) is 0 Å². The molecule has 16 heavy (non-hydrogen) atoms. The Labute approximate surface area is 93.2 Å². The van der Waals surface area contributed by atoms with Gasteiger partial charge in [-0.2, -0.15) is 0 Å². The van der Waals surface area contributed by atoms with Crippen molar-refractivity contribution in [2.75, 3.05) is 0 Å². The predicted molar refractivity (Wildman–Crippen MR) is 58.9 cm³/mol. The molecule has 2 rings (SSSR count). The van der Waals surface area contributed by atoms with E-state index in [2.05, 4.69) is 4.98 Å². The Balaban J connectivity index is 2.27. The number of imidazole rings is 1. The monoisotopic (exact) mass is 216 g/mol. The van der Waals surface area contributed by atoms with Gasteiger partial charge in [-0.3, -0.25) is 4.79 Å². The molecule has 0 amide bonds. The zero-order valence-electron chi connectivity index (χ0n) is 8.87. The van der Waals surface area contributed by atoms with E-state index in [-0.39, 0.29) is 5.78 Å². The number of carbonyl (C=O) groups is 1. The molecule has 82 valence electrons. The van der Waals surface area contributed by atoms with Crippen LogP contribution in [-0.2, 0) is 7.05 Å². The van der Waals surface area contributed by atoms with E-state index in [0.29, 0.717) is 11.4 Å². The lowest BCUT2D eigenvalue weighted by Crippen LogP contribution is -2.16. The van der Waals surface area contributed by atoms with Crippen molar-refractivity contribution < 1.29 is 9.90 Å². The summed E-state index contributed by atoms with van der Waals surface area (Å²) in [7, 11) is 1.74. The third-order valence-corrected chi connectivity index (χ3v) is 2.41. The van der Waals surface area contributed by atoms with Crippen LogP contribution in [0, 0.1) is 0 Å². The smallest absolute Gasteiger partial charge is 0.199 e. The van der Waals surface area contributed by atoms with E-state index in [0.717, 1.165) is 0 Å². The van der Waals surface area contributed by atoms with Crippen LogP contribution < -0.4 is 0 Å². The van der Waals surface area contributed by atoms with Crippen LogP contribution in [0.15, 0.2) is 42.7 Å². The zero-order chi connectivity index (χ0) is 11.5. The summed E-state index contributed by atoms with van der Waals surface area (Å²) < 4.78 is 1.63. The fourth-order valence-corrected chi connectivity index (χ4v) is 1.52. The summed E-state index contributed by atoms with van der Waals surface area (Å²) >= 11 is 0. The number of Topliss-reactive ketones (excluding diaryl/α,β-unsaturated/α-hetero) is 1. The normalized spacial score (nSPS) is 12.4. The first-order valence-corrected chi connectivity index (χ1v) is 4.94. The van der Waals surface area contributed by atoms with Crippen molar-refractivity contribution in [1.29, 1.82) is 0 Å². The Bertz CT molecular complexity index is 491. The molecular weight excluding hydrogens is 204 g/mol. The molecular formula is C12H12N2O2. The Kier molecular flexibility index (Phi) is 2.83. The summed E-state index contributed by atoms with van der Waals surface area (Å²) in [6.45, 7) is 0. The van der Waals surface area contributed by atoms with Crippen LogP contribution in [0.5, 0.6) is 0 Å². The molecule has 0 radical (unpaired) electrons. The molecule has 1 aromatic carbocycles. The minimum absolute atomic E-state index is 0.338. The number of aliphatic hydroxyl groups is 1. The van der Waals surface area contributed by atoms with E-state index >= 15 is 0 Å². The fraction of sp³-hybridized carbons (Fsp3) is 0.167. The number of rotatable bonds is 3. The van der Waals surface area contributed by atoms with E-state index in [1.165, 1.54) is 0 Å². The van der Waals surface area contributed by atoms with Gasteiger partial charge in [-0.25, -0.2) is 4.98 Å². The number of benzene rings is 1. The average molecular weight is 216 g/mol. The summed E-state index contributed by atoms with van der Waals surface area (Å²) in [5.74, 6) is 0.0174. The van der Waals surface area contributed by atoms with Gasteiger partial charge in [0.15, 0.2) is 11.9 Å². The highest BCUT2D eigenvalue weighted by Gasteiger charge is 2.22. The molecule has 1 unspecified atom stereocenters. The quantitative estimate of drug-likeness (QED) is 0.787. The number of ketones is 1. The van der Waals surface area contributed by atoms with Crippen LogP contribution in [0.2, 0.25) is 0 Å². The lowest BCUT2D eigenvalue weighted by Gasteiger charge is -2.09. The minimum atomic E-state index is -1.21. The molecule has 2 aromatic rings. The summed E-state index contributed by atoms with van der Waals surface area (Å²) in [6, 6.07) is 8.70. The molecule has 4 nitrogen and oxygen atoms in total. The molecule has 1 aromatic heterocycles. The fourth-order valence-electron chi connectivity index (χ4n) is 1.52. The summed E-state index contributed by atoms with van der Waals surface area (Å²) in [4.78, 5) is 15.8. The molecule has 0 saturated heterocycles. The van der Waals surface area contributed by atoms with Gasteiger partial charge in [0.05, 0.1) is 0 Å². The highest BCUT2D eigenvalue weighted by Crippen LogP contribution is 2.15. The van der Waals surface area contributed by atoms with Crippen LogP contribution in [0.4, 0.5) is 0 Å². The van der Waals surface area contributed by atoms with Crippen molar-refractivity contribution in [2.45, 2.75) is 6.10 Å². The third kappa shape index (κ3) is 1.87. The van der Waals surface area contributed by atoms with Crippen LogP contribution in [0.1, 0.15) is 22.3 Å². The molecule has 0 spiro atoms. The highest BCUT2D eigenvalue weighted by atomic mass is 16.3. The van der Waals surface area contributed by atoms with Gasteiger partial charge in [-0.1, -0.05) is 30.3 Å². The van der Waals surface area contributed by atoms with Gasteiger partial charge in [0.1, 0.15) is 5.82 Å². The lowest BCUT2D eigenvalue weighted by molar-refractivity contribution is 0.0725. The molecule has 0 fully saturated rings. The minimum Gasteiger partial charge on any atom is -0.377 e. The topological polar surface area (TPSA) is 55.1 Å². The van der Waals surface area contributed by atoms with Crippen LogP contribution in [-0.4, -0.2) is 20.4 Å². The highest BCUT2D eigenvalue weighted by molar-refractivity contribution is 5.99. The second kappa shape index (κ2) is 4.28. The van der Waals surface area contributed by atoms with E-state index in [1.54, 1.807) is 48.3 Å². The Morgan fingerprint density at radius 3 is 2.62 bits per heavy atom. The van der Waals surface area contributed by atoms with Crippen LogP contribution in [0.3, 0.4) is 0 Å². The first kappa shape index (κ1) is 10.6. The summed E-state index contributed by atoms with van der Waals surface area (Å²) in [5, 5.41) is 9.88. The molecule has 0 aliphatic rings. The van der Waals surface area contributed by atoms with Crippen molar-refractivity contribution in [3.8, 4) is 0 Å². The molecule has 4 heteroatoms. The van der Waals surface area contributed by atoms with Gasteiger partial charge < -0.3 is 9.67 Å². The van der Waals surface area contributed by atoms with E-state index in [9.17, 15) is 9.90 Å². The van der Waals surface area contributed by atoms with Crippen LogP contribution in [0.25, 0.3) is 0 Å². The number of hydrogen-bond donors (Lipinski definition) is 1. The van der Waals surface area contributed by atoms with Crippen molar-refractivity contribution in [2.24, 2.45) is 7.05 Å². The number of hydrogen-bond acceptors (Lipinski definition) is 3. The maximum absolute atomic E-state index is 11.9. The Morgan fingerprint density at radius 1 is 1.38 bits per heavy atom. The molecule has 1 atom stereocenters. The summed E-state index contributed by atoms with van der Waals surface area (Å²) in [6.07, 6.45) is 2.04. The Hall–Kier alpha value is -1.94. The molecule has 1 N–H and O–H groups in total. The third-order valence-electron chi connectivity index (χ3n) is 2.41. The first-order valence-electron chi connectivity index (χ1n) is 4.94. The summed E-state index contributed by atoms with van der Waals surface area (Å²) in [5.41, 5.74) is 0.484. The largest absolute Gasteiger partial charge is 0.377 e. The van der Waals surface area contributed by atoms with Crippen molar-refractivity contribution in [1.82, 2.24) is 9.55 Å². The van der Waals surface area contributed by atoms with E-state index < -0.39 is 6.10 Å². The molecule has 0 aliphatic carbocycles. The van der Waals surface area contributed by atoms with Gasteiger partial charge in [0.2, 0.25) is 0 Å². The van der Waals surface area contributed by atoms with E-state index in [1.807, 2.05) is 6.07 Å². The number of aromatic nitrogens is 2. The number of nitrogens with zero attached hydrogens (tertiary/aromatic N) is 2. The number of carbonyl (C=O) groups excluding carboxylic acids is 1. The SMILES string of the molecule is Cn1ccnc1C(O)C(=O)c1ccccc1. The van der Waals surface area contributed by atoms with Crippen LogP contribution >= 0.6 is 0 Å². The van der Waals surface area contributed by atoms with Crippen molar-refractivity contribution in [3.05, 3.63) is 54.1 Å². The van der Waals surface area contributed by atoms with E-state index in [4.69, 9.17) is 0 Å². The number of aliphatic hydroxyl groups excluding tert-OH is 1. The Morgan fingerprint density at radius 2 is 2.06 bits per heavy atom. The molecule has 0 saturated carbocycles. The van der Waals surface area contributed by atoms with Crippen molar-refractivity contribution >= 4 is 5.78 Å². The maximum Gasteiger partial charge on any atom is 0.199 e. The standard InChI is InChI=1S/C12H12N2O2/c1-14-8-7-13-12(14)11(16)10(15)9-5-3-2-4-6-9/h2-8,11,16H,1H3. The molecule has 1 heterocycles. The van der Waals surface area contributed by atoms with Gasteiger partial charge in [-0.15, -0.1) is 0 Å². The van der Waals surface area contributed by atoms with Gasteiger partial charge in [0.25, 0.3) is 0 Å². The predicted octanol–water partition coefficient (Wildman–Crippen LogP) is 1.34. The van der Waals surface area contributed by atoms with Gasteiger partial charge >= 0.3 is 0 Å². The second-order valence-corrected chi connectivity index (χ2v) is 3.53. The number of aryl methyl sites for hydroxylation is 1. The van der Waals surface area contributed by atoms with Gasteiger partial charge in [0, 0.05) is 25.0 Å². The first-order chi connectivity index (χ1) is 7.70. The lowest BCUT2D eigenvalue weighted by atomic mass is 10.1. The van der Waals surface area contributed by atoms with Crippen molar-refractivity contribution in [3.63, 3.8) is 0 Å². The molecule has 0 bridgehead atoms. The maximum atomic E-state index is 11.9.